The van der Waals surface area contributed by atoms with E-state index in [1.807, 2.05) is 0 Å². The average Bonchev–Trinajstić information content (AvgIpc) is 3.17. The minimum atomic E-state index is -1.21. The Morgan fingerprint density at radius 1 is 1.14 bits per heavy atom. The maximum absolute atomic E-state index is 10.2. The second kappa shape index (κ2) is 12.2. The van der Waals surface area contributed by atoms with E-state index < -0.39 is 5.60 Å². The van der Waals surface area contributed by atoms with Gasteiger partial charge in [-0.1, -0.05) is 65.5 Å². The number of aliphatic hydroxyl groups excluding tert-OH is 1. The van der Waals surface area contributed by atoms with Gasteiger partial charge in [0.2, 0.25) is 0 Å². The molecule has 4 aliphatic rings. The van der Waals surface area contributed by atoms with Gasteiger partial charge in [0.1, 0.15) is 0 Å². The molecule has 0 aromatic rings. The van der Waals surface area contributed by atoms with E-state index >= 15 is 0 Å². The van der Waals surface area contributed by atoms with Gasteiger partial charge in [0.05, 0.1) is 6.10 Å². The molecule has 0 aromatic heterocycles. The molecule has 5 heteroatoms. The molecule has 206 valence electrons. The van der Waals surface area contributed by atoms with Crippen molar-refractivity contribution >= 4 is 7.92 Å². The van der Waals surface area contributed by atoms with Crippen LogP contribution < -0.4 is 5.73 Å². The molecule has 0 saturated heterocycles. The summed E-state index contributed by atoms with van der Waals surface area (Å²) < 4.78 is 9.75. The van der Waals surface area contributed by atoms with Gasteiger partial charge in [-0.25, -0.2) is 0 Å². The third-order valence-electron chi connectivity index (χ3n) is 11.0. The number of fused-ring (bicyclic) bond motifs is 5. The van der Waals surface area contributed by atoms with Crippen molar-refractivity contribution in [2.45, 2.75) is 124 Å². The number of hydrogen-bond donors (Lipinski definition) is 3. The van der Waals surface area contributed by atoms with Crippen molar-refractivity contribution in [3.8, 4) is 5.63 Å². The molecule has 0 spiro atoms. The van der Waals surface area contributed by atoms with Crippen LogP contribution in [0.4, 0.5) is 0 Å². The summed E-state index contributed by atoms with van der Waals surface area (Å²) in [6.45, 7) is 14.1. The molecule has 0 heterocycles. The van der Waals surface area contributed by atoms with E-state index in [1.165, 1.54) is 64.7 Å². The summed E-state index contributed by atoms with van der Waals surface area (Å²) in [5.41, 5.74) is 8.65. The molecule has 0 bridgehead atoms. The van der Waals surface area contributed by atoms with Crippen LogP contribution in [-0.2, 0) is 4.57 Å². The number of allylic oxidation sites excluding steroid dienone is 1. The quantitative estimate of drug-likeness (QED) is 0.253. The van der Waals surface area contributed by atoms with Gasteiger partial charge in [-0.2, -0.15) is 0 Å². The molecule has 3 saturated carbocycles. The van der Waals surface area contributed by atoms with Gasteiger partial charge in [-0.05, 0) is 97.7 Å². The van der Waals surface area contributed by atoms with Crippen molar-refractivity contribution in [1.29, 1.82) is 0 Å². The second-order valence-electron chi connectivity index (χ2n) is 13.9. The Balaban J connectivity index is 0.000000392. The predicted octanol–water partition coefficient (Wildman–Crippen LogP) is 7.34. The summed E-state index contributed by atoms with van der Waals surface area (Å²) in [6.07, 6.45) is 17.2. The summed E-state index contributed by atoms with van der Waals surface area (Å²) in [7, 11) is -0.305. The van der Waals surface area contributed by atoms with Crippen LogP contribution in [0.3, 0.4) is 0 Å². The first-order chi connectivity index (χ1) is 16.9. The third kappa shape index (κ3) is 6.43. The summed E-state index contributed by atoms with van der Waals surface area (Å²) in [6, 6.07) is 0. The molecule has 3 fully saturated rings. The van der Waals surface area contributed by atoms with Gasteiger partial charge >= 0.3 is 48.0 Å². The van der Waals surface area contributed by atoms with E-state index in [9.17, 15) is 9.67 Å². The topological polar surface area (TPSA) is 83.5 Å². The molecule has 0 aromatic carbocycles. The molecule has 36 heavy (non-hydrogen) atoms. The molecular weight excluding hydrogens is 465 g/mol. The maximum atomic E-state index is 10.2. The summed E-state index contributed by atoms with van der Waals surface area (Å²) in [5, 5.41) is 19.1. The Hall–Kier alpha value is -0.370. The molecule has 0 aliphatic heterocycles. The fourth-order valence-corrected chi connectivity index (χ4v) is 9.10. The van der Waals surface area contributed by atoms with Crippen LogP contribution in [0.15, 0.2) is 11.6 Å². The van der Waals surface area contributed by atoms with Gasteiger partial charge in [0.15, 0.2) is 0 Å². The second-order valence-corrected chi connectivity index (χ2v) is 14.3. The van der Waals surface area contributed by atoms with Crippen LogP contribution >= 0.6 is 7.92 Å². The van der Waals surface area contributed by atoms with E-state index in [0.29, 0.717) is 10.8 Å². The number of nitrogens with two attached hydrogens (primary N) is 1. The number of hydrogen-bond acceptors (Lipinski definition) is 4. The summed E-state index contributed by atoms with van der Waals surface area (Å²) >= 11 is 0. The van der Waals surface area contributed by atoms with E-state index in [2.05, 4.69) is 46.3 Å². The van der Waals surface area contributed by atoms with Gasteiger partial charge in [-0.3, -0.25) is 0 Å². The molecule has 2 unspecified atom stereocenters. The summed E-state index contributed by atoms with van der Waals surface area (Å²) in [4.78, 5) is 0. The van der Waals surface area contributed by atoms with Crippen LogP contribution in [0.1, 0.15) is 112 Å². The fourth-order valence-electron chi connectivity index (χ4n) is 8.81. The van der Waals surface area contributed by atoms with Crippen molar-refractivity contribution in [2.24, 2.45) is 52.1 Å². The third-order valence-corrected chi connectivity index (χ3v) is 11.5. The standard InChI is InChI=1S/C27H46O.C4H8NO2P/c1-18(2)7-6-8-19(3)23-11-12-24-22-10-9-20-17-21(28)13-15-26(20,4)25(22)14-16-27(23,24)5;1-4(6,2-5)3-8-7/h9,18-19,21-25,28H,6-8,10-17H2,1-5H3;6H,2,5H2,1H3/t19?,21-,22-,23+,24-,25-,26-,27+;/m0./s1. The Kier molecular flexibility index (Phi) is 10.2. The average molecular weight is 520 g/mol. The zero-order chi connectivity index (χ0) is 26.7. The Bertz CT molecular complexity index is 879. The van der Waals surface area contributed by atoms with Crippen LogP contribution in [0.5, 0.6) is 0 Å². The Morgan fingerprint density at radius 2 is 1.86 bits per heavy atom. The van der Waals surface area contributed by atoms with Crippen molar-refractivity contribution in [2.75, 3.05) is 6.54 Å². The van der Waals surface area contributed by atoms with Crippen molar-refractivity contribution in [1.82, 2.24) is 0 Å². The van der Waals surface area contributed by atoms with Gasteiger partial charge in [0.25, 0.3) is 0 Å². The SMILES string of the molecule is CC(C)CCCC(C)[C@H]1CC[C@H]2[C@@H]3CC=C4C[C@@H](O)CC[C@]4(C)[C@H]3CC[C@]12C.CC(O)(C#P=O)CN. The first-order valence-corrected chi connectivity index (χ1v) is 15.6. The monoisotopic (exact) mass is 519 g/mol. The first kappa shape index (κ1) is 30.2. The minimum absolute atomic E-state index is 0.0439. The zero-order valence-corrected chi connectivity index (χ0v) is 24.8. The Labute approximate surface area is 222 Å². The van der Waals surface area contributed by atoms with Crippen molar-refractivity contribution in [3.05, 3.63) is 11.6 Å². The van der Waals surface area contributed by atoms with Crippen molar-refractivity contribution in [3.63, 3.8) is 0 Å². The van der Waals surface area contributed by atoms with E-state index in [4.69, 9.17) is 10.8 Å². The van der Waals surface area contributed by atoms with Crippen LogP contribution in [0.2, 0.25) is 0 Å². The molecule has 0 radical (unpaired) electrons. The predicted molar refractivity (Wildman–Crippen MR) is 150 cm³/mol. The Morgan fingerprint density at radius 3 is 2.47 bits per heavy atom. The zero-order valence-electron chi connectivity index (χ0n) is 23.9. The fraction of sp³-hybridized carbons (Fsp3) is 0.903. The molecule has 4 rings (SSSR count). The molecule has 4 nitrogen and oxygen atoms in total. The molecule has 0 amide bonds. The summed E-state index contributed by atoms with van der Waals surface area (Å²) in [5.74, 6) is 5.46. The number of rotatable bonds is 6. The van der Waals surface area contributed by atoms with Crippen LogP contribution in [0.25, 0.3) is 0 Å². The van der Waals surface area contributed by atoms with Gasteiger partial charge in [0, 0.05) is 0 Å². The normalized spacial score (nSPS) is 39.8. The van der Waals surface area contributed by atoms with Crippen LogP contribution in [-0.4, -0.2) is 28.5 Å². The number of aliphatic hydroxyl groups is 2. The van der Waals surface area contributed by atoms with E-state index in [0.717, 1.165) is 48.3 Å². The molecule has 9 atom stereocenters. The first-order valence-electron chi connectivity index (χ1n) is 14.8. The molecule has 4 N–H and O–H groups in total. The molecular formula is C31H54NO3P. The van der Waals surface area contributed by atoms with E-state index in [1.54, 1.807) is 5.57 Å². The van der Waals surface area contributed by atoms with Crippen LogP contribution in [0, 0.1) is 52.0 Å². The van der Waals surface area contributed by atoms with E-state index in [-0.39, 0.29) is 20.6 Å². The molecule has 4 aliphatic carbocycles. The van der Waals surface area contributed by atoms with Crippen molar-refractivity contribution < 1.29 is 14.8 Å². The van der Waals surface area contributed by atoms with Gasteiger partial charge in [-0.15, -0.1) is 0 Å². The van der Waals surface area contributed by atoms with Gasteiger partial charge < -0.3 is 5.11 Å².